The molecule has 18 heavy (non-hydrogen) atoms. The second-order valence-electron chi connectivity index (χ2n) is 4.41. The summed E-state index contributed by atoms with van der Waals surface area (Å²) < 4.78 is 0. The number of halogens is 2. The molecule has 98 valence electrons. The number of hydrogen-bond donors (Lipinski definition) is 2. The molecule has 0 aromatic carbocycles. The van der Waals surface area contributed by atoms with Gasteiger partial charge in [-0.2, -0.15) is 0 Å². The summed E-state index contributed by atoms with van der Waals surface area (Å²) in [5.41, 5.74) is -0.635. The molecule has 2 N–H and O–H groups in total. The number of carboxylic acid groups (broad SMARTS) is 1. The largest absolute Gasteiger partial charge is 0.481 e. The third kappa shape index (κ3) is 4.50. The maximum absolute atomic E-state index is 11.9. The Bertz CT molecular complexity index is 469. The SMILES string of the molecule is CC(C)(CC(=O)O)NC(=O)c1cc(Cl)nc(Cl)c1. The summed E-state index contributed by atoms with van der Waals surface area (Å²) in [6, 6.07) is 2.72. The number of hydrogen-bond acceptors (Lipinski definition) is 3. The zero-order valence-electron chi connectivity index (χ0n) is 9.83. The van der Waals surface area contributed by atoms with Crippen LogP contribution >= 0.6 is 23.2 Å². The molecule has 0 spiro atoms. The van der Waals surface area contributed by atoms with Crippen molar-refractivity contribution in [1.82, 2.24) is 10.3 Å². The molecule has 0 aliphatic rings. The molecule has 0 atom stereocenters. The lowest BCUT2D eigenvalue weighted by atomic mass is 10.0. The van der Waals surface area contributed by atoms with E-state index < -0.39 is 17.4 Å². The zero-order valence-corrected chi connectivity index (χ0v) is 11.3. The number of nitrogens with zero attached hydrogens (tertiary/aromatic N) is 1. The van der Waals surface area contributed by atoms with E-state index in [0.717, 1.165) is 0 Å². The molecule has 1 aromatic heterocycles. The number of rotatable bonds is 4. The fourth-order valence-corrected chi connectivity index (χ4v) is 1.86. The van der Waals surface area contributed by atoms with Crippen molar-refractivity contribution >= 4 is 35.1 Å². The fraction of sp³-hybridized carbons (Fsp3) is 0.364. The smallest absolute Gasteiger partial charge is 0.305 e. The maximum Gasteiger partial charge on any atom is 0.305 e. The average molecular weight is 291 g/mol. The van der Waals surface area contributed by atoms with Crippen LogP contribution in [0.5, 0.6) is 0 Å². The molecule has 0 unspecified atom stereocenters. The van der Waals surface area contributed by atoms with E-state index in [0.29, 0.717) is 0 Å². The molecule has 5 nitrogen and oxygen atoms in total. The number of amides is 1. The number of aromatic nitrogens is 1. The summed E-state index contributed by atoms with van der Waals surface area (Å²) in [5, 5.41) is 11.5. The van der Waals surface area contributed by atoms with E-state index in [2.05, 4.69) is 10.3 Å². The van der Waals surface area contributed by atoms with E-state index in [9.17, 15) is 9.59 Å². The van der Waals surface area contributed by atoms with E-state index in [1.165, 1.54) is 12.1 Å². The molecule has 0 bridgehead atoms. The minimum Gasteiger partial charge on any atom is -0.481 e. The van der Waals surface area contributed by atoms with Crippen LogP contribution in [0.25, 0.3) is 0 Å². The standard InChI is InChI=1S/C11H12Cl2N2O3/c1-11(2,5-9(16)17)15-10(18)6-3-7(12)14-8(13)4-6/h3-4H,5H2,1-2H3,(H,15,18)(H,16,17). The summed E-state index contributed by atoms with van der Waals surface area (Å²) in [5.74, 6) is -1.45. The molecule has 0 saturated carbocycles. The summed E-state index contributed by atoms with van der Waals surface area (Å²) in [6.07, 6.45) is -0.189. The van der Waals surface area contributed by atoms with Crippen LogP contribution in [0, 0.1) is 0 Å². The number of pyridine rings is 1. The molecule has 0 fully saturated rings. The summed E-state index contributed by atoms with van der Waals surface area (Å²) >= 11 is 11.4. The lowest BCUT2D eigenvalue weighted by Crippen LogP contribution is -2.44. The lowest BCUT2D eigenvalue weighted by molar-refractivity contribution is -0.138. The van der Waals surface area contributed by atoms with Gasteiger partial charge in [-0.3, -0.25) is 9.59 Å². The minimum atomic E-state index is -0.994. The van der Waals surface area contributed by atoms with Gasteiger partial charge in [-0.1, -0.05) is 23.2 Å². The van der Waals surface area contributed by atoms with Crippen LogP contribution in [0.1, 0.15) is 30.6 Å². The highest BCUT2D eigenvalue weighted by Gasteiger charge is 2.24. The first-order valence-corrected chi connectivity index (χ1v) is 5.82. The molecule has 0 saturated heterocycles. The molecule has 0 aliphatic carbocycles. The highest BCUT2D eigenvalue weighted by atomic mass is 35.5. The van der Waals surface area contributed by atoms with E-state index in [1.807, 2.05) is 0 Å². The lowest BCUT2D eigenvalue weighted by Gasteiger charge is -2.24. The van der Waals surface area contributed by atoms with Gasteiger partial charge in [-0.05, 0) is 26.0 Å². The number of carbonyl (C=O) groups excluding carboxylic acids is 1. The summed E-state index contributed by atoms with van der Waals surface area (Å²) in [4.78, 5) is 26.3. The van der Waals surface area contributed by atoms with Crippen molar-refractivity contribution in [1.29, 1.82) is 0 Å². The Labute approximate surface area is 114 Å². The van der Waals surface area contributed by atoms with Gasteiger partial charge in [0.25, 0.3) is 5.91 Å². The van der Waals surface area contributed by atoms with Gasteiger partial charge in [0, 0.05) is 11.1 Å². The molecule has 1 heterocycles. The Morgan fingerprint density at radius 1 is 1.33 bits per heavy atom. The van der Waals surface area contributed by atoms with Crippen LogP contribution in [0.4, 0.5) is 0 Å². The first-order valence-electron chi connectivity index (χ1n) is 5.07. The van der Waals surface area contributed by atoms with Crippen LogP contribution in [-0.4, -0.2) is 27.5 Å². The Morgan fingerprint density at radius 3 is 2.28 bits per heavy atom. The van der Waals surface area contributed by atoms with Crippen molar-refractivity contribution in [3.8, 4) is 0 Å². The topological polar surface area (TPSA) is 79.3 Å². The molecule has 7 heteroatoms. The molecule has 1 amide bonds. The molecular formula is C11H12Cl2N2O3. The van der Waals surface area contributed by atoms with Crippen LogP contribution in [-0.2, 0) is 4.79 Å². The molecular weight excluding hydrogens is 279 g/mol. The van der Waals surface area contributed by atoms with Crippen LogP contribution in [0.2, 0.25) is 10.3 Å². The van der Waals surface area contributed by atoms with Gasteiger partial charge in [0.1, 0.15) is 10.3 Å². The molecule has 0 aliphatic heterocycles. The van der Waals surface area contributed by atoms with Crippen molar-refractivity contribution in [2.24, 2.45) is 0 Å². The van der Waals surface area contributed by atoms with Crippen molar-refractivity contribution in [2.75, 3.05) is 0 Å². The van der Waals surface area contributed by atoms with Crippen molar-refractivity contribution < 1.29 is 14.7 Å². The van der Waals surface area contributed by atoms with E-state index >= 15 is 0 Å². The highest BCUT2D eigenvalue weighted by Crippen LogP contribution is 2.16. The van der Waals surface area contributed by atoms with Gasteiger partial charge < -0.3 is 10.4 Å². The average Bonchev–Trinajstić information content (AvgIpc) is 2.12. The third-order valence-electron chi connectivity index (χ3n) is 2.07. The monoisotopic (exact) mass is 290 g/mol. The van der Waals surface area contributed by atoms with Gasteiger partial charge in [0.2, 0.25) is 0 Å². The van der Waals surface area contributed by atoms with Crippen LogP contribution in [0.3, 0.4) is 0 Å². The Morgan fingerprint density at radius 2 is 1.83 bits per heavy atom. The number of carbonyl (C=O) groups is 2. The van der Waals surface area contributed by atoms with Gasteiger partial charge in [0.15, 0.2) is 0 Å². The zero-order chi connectivity index (χ0) is 13.9. The summed E-state index contributed by atoms with van der Waals surface area (Å²) in [7, 11) is 0. The fourth-order valence-electron chi connectivity index (χ4n) is 1.40. The predicted octanol–water partition coefficient (Wildman–Crippen LogP) is 2.37. The quantitative estimate of drug-likeness (QED) is 0.835. The third-order valence-corrected chi connectivity index (χ3v) is 2.46. The van der Waals surface area contributed by atoms with Gasteiger partial charge >= 0.3 is 5.97 Å². The maximum atomic E-state index is 11.9. The summed E-state index contributed by atoms with van der Waals surface area (Å²) in [6.45, 7) is 3.23. The van der Waals surface area contributed by atoms with Gasteiger partial charge in [-0.15, -0.1) is 0 Å². The van der Waals surface area contributed by atoms with Crippen molar-refractivity contribution in [3.63, 3.8) is 0 Å². The number of nitrogens with one attached hydrogen (secondary N) is 1. The molecule has 1 aromatic rings. The Kier molecular flexibility index (Phi) is 4.53. The normalized spacial score (nSPS) is 11.1. The molecule has 0 radical (unpaired) electrons. The van der Waals surface area contributed by atoms with Crippen LogP contribution in [0.15, 0.2) is 12.1 Å². The number of aliphatic carboxylic acids is 1. The van der Waals surface area contributed by atoms with Gasteiger partial charge in [0.05, 0.1) is 6.42 Å². The Hall–Kier alpha value is -1.33. The highest BCUT2D eigenvalue weighted by molar-refractivity contribution is 6.33. The van der Waals surface area contributed by atoms with Crippen molar-refractivity contribution in [3.05, 3.63) is 28.0 Å². The second kappa shape index (κ2) is 5.54. The first-order chi connectivity index (χ1) is 8.19. The van der Waals surface area contributed by atoms with E-state index in [4.69, 9.17) is 28.3 Å². The minimum absolute atomic E-state index is 0.101. The Balaban J connectivity index is 2.85. The predicted molar refractivity (Wildman–Crippen MR) is 68.1 cm³/mol. The van der Waals surface area contributed by atoms with E-state index in [-0.39, 0.29) is 22.3 Å². The number of carboxylic acids is 1. The van der Waals surface area contributed by atoms with Crippen molar-refractivity contribution in [2.45, 2.75) is 25.8 Å². The van der Waals surface area contributed by atoms with E-state index in [1.54, 1.807) is 13.8 Å². The van der Waals surface area contributed by atoms with Crippen LogP contribution < -0.4 is 5.32 Å². The molecule has 1 rings (SSSR count). The van der Waals surface area contributed by atoms with Gasteiger partial charge in [-0.25, -0.2) is 4.98 Å². The first kappa shape index (κ1) is 14.7. The second-order valence-corrected chi connectivity index (χ2v) is 5.18.